The number of hydrogen-bond donors (Lipinski definition) is 1. The number of amides is 1. The summed E-state index contributed by atoms with van der Waals surface area (Å²) < 4.78 is 5.36. The van der Waals surface area contributed by atoms with E-state index in [0.717, 1.165) is 5.69 Å². The van der Waals surface area contributed by atoms with E-state index in [2.05, 4.69) is 21.9 Å². The van der Waals surface area contributed by atoms with Crippen molar-refractivity contribution in [3.63, 3.8) is 0 Å². The third kappa shape index (κ3) is 4.68. The molecule has 7 heteroatoms. The molecule has 2 aromatic rings. The summed E-state index contributed by atoms with van der Waals surface area (Å²) in [5.74, 6) is 0.0145. The molecule has 0 atom stereocenters. The van der Waals surface area contributed by atoms with Gasteiger partial charge >= 0.3 is 0 Å². The summed E-state index contributed by atoms with van der Waals surface area (Å²) in [7, 11) is 0. The van der Waals surface area contributed by atoms with Crippen LogP contribution in [0, 0.1) is 6.92 Å². The predicted octanol–water partition coefficient (Wildman–Crippen LogP) is 3.59. The number of benzene rings is 1. The average Bonchev–Trinajstić information content (AvgIpc) is 2.53. The van der Waals surface area contributed by atoms with Gasteiger partial charge in [-0.2, -0.15) is 0 Å². The third-order valence-electron chi connectivity index (χ3n) is 2.87. The Morgan fingerprint density at radius 3 is 2.57 bits per heavy atom. The number of halogens is 2. The van der Waals surface area contributed by atoms with Crippen molar-refractivity contribution in [2.45, 2.75) is 13.5 Å². The van der Waals surface area contributed by atoms with Crippen molar-refractivity contribution in [3.8, 4) is 5.75 Å². The van der Waals surface area contributed by atoms with Gasteiger partial charge in [0.25, 0.3) is 5.91 Å². The third-order valence-corrected chi connectivity index (χ3v) is 3.43. The summed E-state index contributed by atoms with van der Waals surface area (Å²) >= 11 is 12.2. The van der Waals surface area contributed by atoms with Crippen LogP contribution in [0.2, 0.25) is 10.0 Å². The quantitative estimate of drug-likeness (QED) is 0.807. The van der Waals surface area contributed by atoms with E-state index in [1.807, 2.05) is 6.92 Å². The highest BCUT2D eigenvalue weighted by Crippen LogP contribution is 2.34. The topological polar surface area (TPSA) is 64.1 Å². The number of aryl methyl sites for hydroxylation is 1. The molecule has 1 heterocycles. The fourth-order valence-electron chi connectivity index (χ4n) is 1.75. The first-order valence-electron chi connectivity index (χ1n) is 6.79. The highest BCUT2D eigenvalue weighted by molar-refractivity contribution is 6.37. The number of carbonyl (C=O) groups excluding carboxylic acids is 1. The second-order valence-electron chi connectivity index (χ2n) is 4.70. The molecular weight excluding hydrogens is 337 g/mol. The zero-order valence-corrected chi connectivity index (χ0v) is 14.0. The van der Waals surface area contributed by atoms with Gasteiger partial charge in [-0.3, -0.25) is 14.8 Å². The minimum Gasteiger partial charge on any atom is -0.486 e. The maximum atomic E-state index is 12.2. The summed E-state index contributed by atoms with van der Waals surface area (Å²) in [6.45, 7) is 5.93. The van der Waals surface area contributed by atoms with Gasteiger partial charge in [-0.05, 0) is 19.1 Å². The Hall–Kier alpha value is -2.11. The lowest BCUT2D eigenvalue weighted by atomic mass is 10.2. The Labute approximate surface area is 144 Å². The minimum atomic E-state index is -0.313. The lowest BCUT2D eigenvalue weighted by Crippen LogP contribution is -2.23. The van der Waals surface area contributed by atoms with Crippen molar-refractivity contribution >= 4 is 29.1 Å². The molecule has 0 aliphatic carbocycles. The van der Waals surface area contributed by atoms with Crippen LogP contribution in [0.25, 0.3) is 0 Å². The maximum absolute atomic E-state index is 12.2. The summed E-state index contributed by atoms with van der Waals surface area (Å²) in [5.41, 5.74) is 1.81. The molecule has 1 aromatic heterocycles. The predicted molar refractivity (Wildman–Crippen MR) is 90.1 cm³/mol. The van der Waals surface area contributed by atoms with Gasteiger partial charge in [0, 0.05) is 11.8 Å². The minimum absolute atomic E-state index is 0.260. The first-order valence-corrected chi connectivity index (χ1v) is 7.55. The van der Waals surface area contributed by atoms with Gasteiger partial charge in [-0.1, -0.05) is 35.9 Å². The zero-order valence-electron chi connectivity index (χ0n) is 12.5. The molecular formula is C16H15Cl2N3O2. The molecule has 1 aromatic carbocycles. The van der Waals surface area contributed by atoms with E-state index in [0.29, 0.717) is 17.0 Å². The first-order chi connectivity index (χ1) is 11.0. The molecule has 0 aliphatic rings. The Morgan fingerprint density at radius 1 is 1.30 bits per heavy atom. The second kappa shape index (κ2) is 7.94. The van der Waals surface area contributed by atoms with E-state index >= 15 is 0 Å². The van der Waals surface area contributed by atoms with Crippen LogP contribution in [-0.4, -0.2) is 22.5 Å². The molecule has 0 saturated heterocycles. The molecule has 0 saturated carbocycles. The van der Waals surface area contributed by atoms with Crippen LogP contribution in [0.5, 0.6) is 5.75 Å². The molecule has 5 nitrogen and oxygen atoms in total. The molecule has 0 unspecified atom stereocenters. The molecule has 120 valence electrons. The number of carbonyl (C=O) groups is 1. The van der Waals surface area contributed by atoms with E-state index in [4.69, 9.17) is 27.9 Å². The number of aromatic nitrogens is 2. The maximum Gasteiger partial charge on any atom is 0.251 e. The largest absolute Gasteiger partial charge is 0.486 e. The molecule has 0 bridgehead atoms. The van der Waals surface area contributed by atoms with Crippen LogP contribution in [0.1, 0.15) is 21.7 Å². The zero-order chi connectivity index (χ0) is 16.8. The van der Waals surface area contributed by atoms with Gasteiger partial charge in [-0.15, -0.1) is 0 Å². The standard InChI is InChI=1S/C16H15Cl2N3O2/c1-3-4-23-15-13(17)5-11(6-14(15)18)16(22)21-9-12-8-19-10(2)7-20-12/h3,5-8H,1,4,9H2,2H3,(H,21,22). The summed E-state index contributed by atoms with van der Waals surface area (Å²) in [6.07, 6.45) is 4.83. The lowest BCUT2D eigenvalue weighted by molar-refractivity contribution is 0.0950. The van der Waals surface area contributed by atoms with Crippen LogP contribution >= 0.6 is 23.2 Å². The van der Waals surface area contributed by atoms with Crippen LogP contribution in [-0.2, 0) is 6.54 Å². The number of nitrogens with zero attached hydrogens (tertiary/aromatic N) is 2. The van der Waals surface area contributed by atoms with E-state index in [1.165, 1.54) is 12.1 Å². The molecule has 2 rings (SSSR count). The molecule has 0 spiro atoms. The van der Waals surface area contributed by atoms with E-state index < -0.39 is 0 Å². The SMILES string of the molecule is C=CCOc1c(Cl)cc(C(=O)NCc2cnc(C)cn2)cc1Cl. The van der Waals surface area contributed by atoms with Crippen LogP contribution in [0.3, 0.4) is 0 Å². The van der Waals surface area contributed by atoms with Gasteiger partial charge in [0.2, 0.25) is 0 Å². The second-order valence-corrected chi connectivity index (χ2v) is 5.51. The van der Waals surface area contributed by atoms with Crippen molar-refractivity contribution in [1.29, 1.82) is 0 Å². The number of nitrogens with one attached hydrogen (secondary N) is 1. The molecule has 23 heavy (non-hydrogen) atoms. The van der Waals surface area contributed by atoms with Crippen LogP contribution < -0.4 is 10.1 Å². The van der Waals surface area contributed by atoms with E-state index in [9.17, 15) is 4.79 Å². The average molecular weight is 352 g/mol. The molecule has 0 aliphatic heterocycles. The highest BCUT2D eigenvalue weighted by atomic mass is 35.5. The Morgan fingerprint density at radius 2 is 2.00 bits per heavy atom. The summed E-state index contributed by atoms with van der Waals surface area (Å²) in [4.78, 5) is 20.5. The molecule has 1 N–H and O–H groups in total. The molecule has 0 fully saturated rings. The van der Waals surface area contributed by atoms with Crippen molar-refractivity contribution in [2.75, 3.05) is 6.61 Å². The van der Waals surface area contributed by atoms with Crippen molar-refractivity contribution in [2.24, 2.45) is 0 Å². The van der Waals surface area contributed by atoms with Crippen molar-refractivity contribution in [3.05, 3.63) is 64.2 Å². The number of ether oxygens (including phenoxy) is 1. The number of hydrogen-bond acceptors (Lipinski definition) is 4. The Balaban J connectivity index is 2.07. The van der Waals surface area contributed by atoms with Crippen LogP contribution in [0.4, 0.5) is 0 Å². The van der Waals surface area contributed by atoms with E-state index in [1.54, 1.807) is 18.5 Å². The van der Waals surface area contributed by atoms with Gasteiger partial charge in [0.1, 0.15) is 6.61 Å². The first kappa shape index (κ1) is 17.2. The van der Waals surface area contributed by atoms with E-state index in [-0.39, 0.29) is 29.1 Å². The smallest absolute Gasteiger partial charge is 0.251 e. The van der Waals surface area contributed by atoms with Gasteiger partial charge in [0.15, 0.2) is 5.75 Å². The highest BCUT2D eigenvalue weighted by Gasteiger charge is 2.14. The Bertz CT molecular complexity index is 695. The van der Waals surface area contributed by atoms with Crippen molar-refractivity contribution in [1.82, 2.24) is 15.3 Å². The van der Waals surface area contributed by atoms with Crippen LogP contribution in [0.15, 0.2) is 37.2 Å². The lowest BCUT2D eigenvalue weighted by Gasteiger charge is -2.11. The monoisotopic (exact) mass is 351 g/mol. The fourth-order valence-corrected chi connectivity index (χ4v) is 2.35. The normalized spacial score (nSPS) is 10.2. The summed E-state index contributed by atoms with van der Waals surface area (Å²) in [5, 5.41) is 3.26. The van der Waals surface area contributed by atoms with Gasteiger partial charge in [-0.25, -0.2) is 0 Å². The summed E-state index contributed by atoms with van der Waals surface area (Å²) in [6, 6.07) is 3.00. The number of rotatable bonds is 6. The molecule has 1 amide bonds. The van der Waals surface area contributed by atoms with Crippen molar-refractivity contribution < 1.29 is 9.53 Å². The van der Waals surface area contributed by atoms with Gasteiger partial charge in [0.05, 0.1) is 34.2 Å². The van der Waals surface area contributed by atoms with Gasteiger partial charge < -0.3 is 10.1 Å². The Kier molecular flexibility index (Phi) is 5.96. The molecule has 0 radical (unpaired) electrons. The fraction of sp³-hybridized carbons (Fsp3) is 0.188.